The molecule has 5 atom stereocenters. The summed E-state index contributed by atoms with van der Waals surface area (Å²) in [5, 5.41) is 13.6. The van der Waals surface area contributed by atoms with Crippen LogP contribution >= 0.6 is 0 Å². The average molecular weight is 534 g/mol. The Morgan fingerprint density at radius 3 is 1.74 bits per heavy atom. The standard InChI is InChI=1S/C32H39NO6/c34-29-30(36-22-26-15-7-2-8-16-26)28(24-35-21-25-13-5-1-6-14-25)38-32(39-33-19-11-4-12-20-33)31(29)37-23-27-17-9-3-10-18-27/h1-3,5-10,13-18,28-32,34H,4,11-12,19-24H2/t28-,29+,30-,31-,32+/m1/s1. The van der Waals surface area contributed by atoms with E-state index < -0.39 is 30.7 Å². The summed E-state index contributed by atoms with van der Waals surface area (Å²) >= 11 is 0. The van der Waals surface area contributed by atoms with Gasteiger partial charge in [0.1, 0.15) is 24.4 Å². The molecule has 2 aliphatic heterocycles. The topological polar surface area (TPSA) is 69.6 Å². The van der Waals surface area contributed by atoms with Crippen LogP contribution in [0.5, 0.6) is 0 Å². The molecule has 2 saturated heterocycles. The monoisotopic (exact) mass is 533 g/mol. The summed E-state index contributed by atoms with van der Waals surface area (Å²) in [7, 11) is 0. The summed E-state index contributed by atoms with van der Waals surface area (Å²) in [5.74, 6) is 0. The number of rotatable bonds is 12. The van der Waals surface area contributed by atoms with Crippen LogP contribution in [0, 0.1) is 0 Å². The Hall–Kier alpha value is -2.62. The van der Waals surface area contributed by atoms with Gasteiger partial charge in [0.2, 0.25) is 6.29 Å². The molecule has 7 heteroatoms. The number of nitrogens with zero attached hydrogens (tertiary/aromatic N) is 1. The zero-order chi connectivity index (χ0) is 26.7. The highest BCUT2D eigenvalue weighted by atomic mass is 16.8. The average Bonchev–Trinajstić information content (AvgIpc) is 2.99. The predicted octanol–water partition coefficient (Wildman–Crippen LogP) is 4.88. The van der Waals surface area contributed by atoms with Crippen molar-refractivity contribution in [2.24, 2.45) is 0 Å². The molecule has 3 aromatic carbocycles. The summed E-state index contributed by atoms with van der Waals surface area (Å²) in [6.07, 6.45) is -0.392. The minimum atomic E-state index is -0.980. The van der Waals surface area contributed by atoms with Crippen molar-refractivity contribution in [1.82, 2.24) is 5.06 Å². The molecule has 5 rings (SSSR count). The van der Waals surface area contributed by atoms with E-state index in [-0.39, 0.29) is 6.61 Å². The summed E-state index contributed by atoms with van der Waals surface area (Å²) < 4.78 is 25.2. The van der Waals surface area contributed by atoms with Crippen molar-refractivity contribution in [3.8, 4) is 0 Å². The molecular weight excluding hydrogens is 494 g/mol. The zero-order valence-corrected chi connectivity index (χ0v) is 22.3. The van der Waals surface area contributed by atoms with Crippen molar-refractivity contribution >= 4 is 0 Å². The molecule has 3 aromatic rings. The lowest BCUT2D eigenvalue weighted by Gasteiger charge is -2.45. The van der Waals surface area contributed by atoms with Crippen LogP contribution in [-0.4, -0.2) is 60.6 Å². The van der Waals surface area contributed by atoms with Crippen LogP contribution in [0.1, 0.15) is 36.0 Å². The smallest absolute Gasteiger partial charge is 0.206 e. The number of hydrogen-bond donors (Lipinski definition) is 1. The SMILES string of the molecule is O[C@@H]1[C@@H](OCc2ccccc2)[C@H](ON2CCCCC2)O[C@H](COCc2ccccc2)[C@H]1OCc1ccccc1. The third-order valence-corrected chi connectivity index (χ3v) is 7.15. The van der Waals surface area contributed by atoms with Crippen LogP contribution in [0.15, 0.2) is 91.0 Å². The third kappa shape index (κ3) is 8.19. The van der Waals surface area contributed by atoms with E-state index >= 15 is 0 Å². The van der Waals surface area contributed by atoms with Crippen LogP contribution < -0.4 is 0 Å². The van der Waals surface area contributed by atoms with Gasteiger partial charge in [-0.1, -0.05) is 97.4 Å². The molecule has 0 amide bonds. The Balaban J connectivity index is 1.32. The van der Waals surface area contributed by atoms with E-state index in [1.807, 2.05) is 96.1 Å². The van der Waals surface area contributed by atoms with E-state index in [1.165, 1.54) is 6.42 Å². The van der Waals surface area contributed by atoms with E-state index in [4.69, 9.17) is 23.8 Å². The quantitative estimate of drug-likeness (QED) is 0.356. The fourth-order valence-corrected chi connectivity index (χ4v) is 5.01. The first kappa shape index (κ1) is 27.9. The normalized spacial score (nSPS) is 25.9. The molecule has 2 fully saturated rings. The Kier molecular flexibility index (Phi) is 10.5. The minimum Gasteiger partial charge on any atom is -0.387 e. The van der Waals surface area contributed by atoms with Gasteiger partial charge in [0.05, 0.1) is 26.4 Å². The van der Waals surface area contributed by atoms with Crippen molar-refractivity contribution in [2.45, 2.75) is 69.8 Å². The van der Waals surface area contributed by atoms with Gasteiger partial charge < -0.3 is 24.1 Å². The maximum atomic E-state index is 11.7. The molecule has 0 aromatic heterocycles. The molecule has 208 valence electrons. The Morgan fingerprint density at radius 2 is 1.18 bits per heavy atom. The zero-order valence-electron chi connectivity index (χ0n) is 22.3. The molecular formula is C32H39NO6. The van der Waals surface area contributed by atoms with Gasteiger partial charge >= 0.3 is 0 Å². The summed E-state index contributed by atoms with van der Waals surface area (Å²) in [5.41, 5.74) is 3.10. The fourth-order valence-electron chi connectivity index (χ4n) is 5.01. The van der Waals surface area contributed by atoms with Gasteiger partial charge in [-0.3, -0.25) is 4.84 Å². The van der Waals surface area contributed by atoms with Gasteiger partial charge in [-0.25, -0.2) is 0 Å². The third-order valence-electron chi connectivity index (χ3n) is 7.15. The Labute approximate surface area is 231 Å². The Morgan fingerprint density at radius 1 is 0.667 bits per heavy atom. The number of hydrogen-bond acceptors (Lipinski definition) is 7. The first-order valence-corrected chi connectivity index (χ1v) is 13.9. The molecule has 0 aliphatic carbocycles. The Bertz CT molecular complexity index is 1080. The van der Waals surface area contributed by atoms with Gasteiger partial charge in [-0.05, 0) is 29.5 Å². The highest BCUT2D eigenvalue weighted by Gasteiger charge is 2.48. The van der Waals surface area contributed by atoms with Gasteiger partial charge in [0, 0.05) is 13.1 Å². The minimum absolute atomic E-state index is 0.247. The number of aliphatic hydroxyl groups is 1. The van der Waals surface area contributed by atoms with Crippen molar-refractivity contribution in [3.05, 3.63) is 108 Å². The molecule has 0 bridgehead atoms. The second-order valence-corrected chi connectivity index (χ2v) is 10.2. The molecule has 0 spiro atoms. The number of aliphatic hydroxyl groups excluding tert-OH is 1. The van der Waals surface area contributed by atoms with E-state index in [0.29, 0.717) is 19.8 Å². The second kappa shape index (κ2) is 14.7. The van der Waals surface area contributed by atoms with Gasteiger partial charge in [0.15, 0.2) is 0 Å². The molecule has 39 heavy (non-hydrogen) atoms. The number of benzene rings is 3. The van der Waals surface area contributed by atoms with Crippen LogP contribution in [0.25, 0.3) is 0 Å². The molecule has 1 N–H and O–H groups in total. The van der Waals surface area contributed by atoms with Crippen LogP contribution in [0.4, 0.5) is 0 Å². The van der Waals surface area contributed by atoms with E-state index in [1.54, 1.807) is 0 Å². The molecule has 2 heterocycles. The van der Waals surface area contributed by atoms with Crippen molar-refractivity contribution in [2.75, 3.05) is 19.7 Å². The van der Waals surface area contributed by atoms with Gasteiger partial charge in [-0.15, -0.1) is 0 Å². The van der Waals surface area contributed by atoms with Crippen molar-refractivity contribution in [3.63, 3.8) is 0 Å². The highest BCUT2D eigenvalue weighted by Crippen LogP contribution is 2.30. The van der Waals surface area contributed by atoms with Crippen LogP contribution in [0.2, 0.25) is 0 Å². The van der Waals surface area contributed by atoms with Crippen molar-refractivity contribution < 1.29 is 28.9 Å². The van der Waals surface area contributed by atoms with Crippen molar-refractivity contribution in [1.29, 1.82) is 0 Å². The molecule has 0 unspecified atom stereocenters. The van der Waals surface area contributed by atoms with Gasteiger partial charge in [-0.2, -0.15) is 5.06 Å². The second-order valence-electron chi connectivity index (χ2n) is 10.2. The maximum absolute atomic E-state index is 11.7. The largest absolute Gasteiger partial charge is 0.387 e. The number of ether oxygens (including phenoxy) is 4. The lowest BCUT2D eigenvalue weighted by molar-refractivity contribution is -0.375. The highest BCUT2D eigenvalue weighted by molar-refractivity contribution is 5.15. The summed E-state index contributed by atoms with van der Waals surface area (Å²) in [4.78, 5) is 6.32. The number of hydroxylamine groups is 2. The summed E-state index contributed by atoms with van der Waals surface area (Å²) in [6, 6.07) is 29.8. The van der Waals surface area contributed by atoms with Gasteiger partial charge in [0.25, 0.3) is 0 Å². The van der Waals surface area contributed by atoms with Crippen LogP contribution in [-0.2, 0) is 43.6 Å². The fraction of sp³-hybridized carbons (Fsp3) is 0.438. The predicted molar refractivity (Wildman–Crippen MR) is 147 cm³/mol. The van der Waals surface area contributed by atoms with E-state index in [0.717, 1.165) is 42.6 Å². The van der Waals surface area contributed by atoms with Crippen LogP contribution in [0.3, 0.4) is 0 Å². The lowest BCUT2D eigenvalue weighted by Crippen LogP contribution is -2.62. The molecule has 0 saturated carbocycles. The molecule has 7 nitrogen and oxygen atoms in total. The molecule has 0 radical (unpaired) electrons. The first-order valence-electron chi connectivity index (χ1n) is 13.9. The number of piperidine rings is 1. The van der Waals surface area contributed by atoms with E-state index in [2.05, 4.69) is 0 Å². The molecule has 2 aliphatic rings. The maximum Gasteiger partial charge on any atom is 0.206 e. The first-order chi connectivity index (χ1) is 19.3. The summed E-state index contributed by atoms with van der Waals surface area (Å²) in [6.45, 7) is 3.00. The lowest BCUT2D eigenvalue weighted by atomic mass is 9.98. The van der Waals surface area contributed by atoms with E-state index in [9.17, 15) is 5.11 Å².